The Morgan fingerprint density at radius 3 is 2.85 bits per heavy atom. The normalized spacial score (nSPS) is 10.3. The van der Waals surface area contributed by atoms with Crippen molar-refractivity contribution in [1.82, 2.24) is 0 Å². The third-order valence-corrected chi connectivity index (χ3v) is 3.00. The second kappa shape index (κ2) is 6.48. The number of hydrogen-bond acceptors (Lipinski definition) is 3. The fourth-order valence-electron chi connectivity index (χ4n) is 1.70. The molecule has 3 N–H and O–H groups in total. The molecule has 0 saturated heterocycles. The molecule has 0 radical (unpaired) electrons. The van der Waals surface area contributed by atoms with Crippen LogP contribution in [0.25, 0.3) is 0 Å². The maximum Gasteiger partial charge on any atom is 0.165 e. The smallest absolute Gasteiger partial charge is 0.165 e. The molecule has 2 aromatic carbocycles. The molecule has 5 heteroatoms. The third-order valence-electron chi connectivity index (χ3n) is 2.71. The van der Waals surface area contributed by atoms with Crippen LogP contribution >= 0.6 is 11.6 Å². The zero-order valence-corrected chi connectivity index (χ0v) is 11.9. The summed E-state index contributed by atoms with van der Waals surface area (Å²) in [5.74, 6) is 0.0984. The molecule has 0 unspecified atom stereocenters. The first-order chi connectivity index (χ1) is 9.61. The quantitative estimate of drug-likeness (QED) is 0.793. The van der Waals surface area contributed by atoms with Crippen molar-refractivity contribution in [3.8, 4) is 5.75 Å². The van der Waals surface area contributed by atoms with Crippen molar-refractivity contribution < 1.29 is 9.13 Å². The first-order valence-corrected chi connectivity index (χ1v) is 6.73. The summed E-state index contributed by atoms with van der Waals surface area (Å²) < 4.78 is 19.4. The van der Waals surface area contributed by atoms with Crippen LogP contribution in [0.3, 0.4) is 0 Å². The summed E-state index contributed by atoms with van der Waals surface area (Å²) in [6.07, 6.45) is 0.889. The van der Waals surface area contributed by atoms with Crippen molar-refractivity contribution in [2.75, 3.05) is 17.7 Å². The fraction of sp³-hybridized carbons (Fsp3) is 0.200. The topological polar surface area (TPSA) is 47.3 Å². The molecule has 0 amide bonds. The van der Waals surface area contributed by atoms with Gasteiger partial charge in [-0.3, -0.25) is 0 Å². The van der Waals surface area contributed by atoms with Crippen molar-refractivity contribution in [2.45, 2.75) is 13.3 Å². The second-order valence-electron chi connectivity index (χ2n) is 4.33. The van der Waals surface area contributed by atoms with E-state index < -0.39 is 5.82 Å². The number of hydrogen-bond donors (Lipinski definition) is 2. The summed E-state index contributed by atoms with van der Waals surface area (Å²) in [4.78, 5) is 0. The van der Waals surface area contributed by atoms with Crippen LogP contribution in [0.5, 0.6) is 5.75 Å². The summed E-state index contributed by atoms with van der Waals surface area (Å²) >= 11 is 5.75. The fourth-order valence-corrected chi connectivity index (χ4v) is 1.88. The number of nitrogens with two attached hydrogens (primary N) is 1. The Morgan fingerprint density at radius 2 is 2.10 bits per heavy atom. The lowest BCUT2D eigenvalue weighted by Crippen LogP contribution is -2.00. The molecule has 106 valence electrons. The van der Waals surface area contributed by atoms with Crippen LogP contribution in [0.2, 0.25) is 5.02 Å². The molecule has 0 fully saturated rings. The first kappa shape index (κ1) is 14.5. The van der Waals surface area contributed by atoms with Crippen LogP contribution in [0.4, 0.5) is 21.5 Å². The van der Waals surface area contributed by atoms with Gasteiger partial charge >= 0.3 is 0 Å². The Morgan fingerprint density at radius 1 is 1.30 bits per heavy atom. The largest absolute Gasteiger partial charge is 0.491 e. The molecule has 20 heavy (non-hydrogen) atoms. The van der Waals surface area contributed by atoms with Gasteiger partial charge in [-0.25, -0.2) is 4.39 Å². The van der Waals surface area contributed by atoms with E-state index in [1.807, 2.05) is 6.92 Å². The maximum absolute atomic E-state index is 13.8. The minimum absolute atomic E-state index is 0.0768. The van der Waals surface area contributed by atoms with Crippen LogP contribution in [-0.2, 0) is 0 Å². The highest BCUT2D eigenvalue weighted by Crippen LogP contribution is 2.30. The maximum atomic E-state index is 13.8. The van der Waals surface area contributed by atoms with Gasteiger partial charge in [0.1, 0.15) is 5.75 Å². The number of halogens is 2. The van der Waals surface area contributed by atoms with Crippen molar-refractivity contribution >= 4 is 28.7 Å². The zero-order chi connectivity index (χ0) is 14.5. The minimum atomic E-state index is -0.484. The second-order valence-corrected chi connectivity index (χ2v) is 4.73. The molecule has 0 heterocycles. The Bertz CT molecular complexity index is 604. The summed E-state index contributed by atoms with van der Waals surface area (Å²) in [7, 11) is 0. The van der Waals surface area contributed by atoms with E-state index in [0.717, 1.165) is 6.42 Å². The molecule has 0 aliphatic rings. The average Bonchev–Trinajstić information content (AvgIpc) is 2.44. The van der Waals surface area contributed by atoms with Gasteiger partial charge in [0, 0.05) is 11.8 Å². The lowest BCUT2D eigenvalue weighted by Gasteiger charge is -2.12. The van der Waals surface area contributed by atoms with Gasteiger partial charge in [0.2, 0.25) is 0 Å². The molecule has 0 bridgehead atoms. The molecule has 0 saturated carbocycles. The van der Waals surface area contributed by atoms with Gasteiger partial charge in [0.15, 0.2) is 5.82 Å². The molecular weight excluding hydrogens is 279 g/mol. The number of nitrogen functional groups attached to an aromatic ring is 1. The van der Waals surface area contributed by atoms with Crippen molar-refractivity contribution in [2.24, 2.45) is 0 Å². The highest BCUT2D eigenvalue weighted by molar-refractivity contribution is 6.31. The van der Waals surface area contributed by atoms with Crippen molar-refractivity contribution in [3.63, 3.8) is 0 Å². The first-order valence-electron chi connectivity index (χ1n) is 6.35. The van der Waals surface area contributed by atoms with Crippen LogP contribution < -0.4 is 15.8 Å². The van der Waals surface area contributed by atoms with Gasteiger partial charge in [0.05, 0.1) is 23.0 Å². The number of nitrogens with one attached hydrogen (secondary N) is 1. The SMILES string of the molecule is CCCOc1cc(Nc2cccc(Cl)c2F)ccc1N. The number of rotatable bonds is 5. The summed E-state index contributed by atoms with van der Waals surface area (Å²) in [6, 6.07) is 10.0. The highest BCUT2D eigenvalue weighted by Gasteiger charge is 2.08. The van der Waals surface area contributed by atoms with Crippen molar-refractivity contribution in [1.29, 1.82) is 0 Å². The van der Waals surface area contributed by atoms with Crippen LogP contribution in [0.1, 0.15) is 13.3 Å². The number of anilines is 3. The summed E-state index contributed by atoms with van der Waals surface area (Å²) in [6.45, 7) is 2.60. The Balaban J connectivity index is 2.23. The molecule has 0 spiro atoms. The van der Waals surface area contributed by atoms with Gasteiger partial charge in [-0.1, -0.05) is 24.6 Å². The molecule has 0 atom stereocenters. The zero-order valence-electron chi connectivity index (χ0n) is 11.1. The Kier molecular flexibility index (Phi) is 4.69. The van der Waals surface area contributed by atoms with Gasteiger partial charge in [-0.05, 0) is 30.7 Å². The number of benzene rings is 2. The lowest BCUT2D eigenvalue weighted by atomic mass is 10.2. The molecule has 3 nitrogen and oxygen atoms in total. The summed E-state index contributed by atoms with van der Waals surface area (Å²) in [5.41, 5.74) is 7.38. The molecule has 0 aromatic heterocycles. The molecule has 2 aromatic rings. The average molecular weight is 295 g/mol. The van der Waals surface area contributed by atoms with Gasteiger partial charge < -0.3 is 15.8 Å². The molecule has 2 rings (SSSR count). The molecule has 0 aliphatic carbocycles. The van der Waals surface area contributed by atoms with Gasteiger partial charge in [-0.15, -0.1) is 0 Å². The van der Waals surface area contributed by atoms with Crippen molar-refractivity contribution in [3.05, 3.63) is 47.2 Å². The van der Waals surface area contributed by atoms with Gasteiger partial charge in [0.25, 0.3) is 0 Å². The van der Waals surface area contributed by atoms with E-state index in [2.05, 4.69) is 5.32 Å². The Hall–Kier alpha value is -1.94. The van der Waals surface area contributed by atoms with E-state index in [0.29, 0.717) is 29.4 Å². The predicted octanol–water partition coefficient (Wildman–Crippen LogP) is 4.59. The summed E-state index contributed by atoms with van der Waals surface area (Å²) in [5, 5.41) is 3.04. The van der Waals surface area contributed by atoms with Crippen LogP contribution in [0.15, 0.2) is 36.4 Å². The standard InChI is InChI=1S/C15H16ClFN2O/c1-2-8-20-14-9-10(6-7-12(14)18)19-13-5-3-4-11(16)15(13)17/h3-7,9,19H,2,8,18H2,1H3. The predicted molar refractivity (Wildman–Crippen MR) is 81.3 cm³/mol. The van der Waals surface area contributed by atoms with Crippen LogP contribution in [-0.4, -0.2) is 6.61 Å². The lowest BCUT2D eigenvalue weighted by molar-refractivity contribution is 0.319. The Labute approximate surface area is 122 Å². The van der Waals surface area contributed by atoms with E-state index >= 15 is 0 Å². The van der Waals surface area contributed by atoms with E-state index in [-0.39, 0.29) is 5.02 Å². The molecule has 0 aliphatic heterocycles. The monoisotopic (exact) mass is 294 g/mol. The molecular formula is C15H16ClFN2O. The van der Waals surface area contributed by atoms with E-state index in [4.69, 9.17) is 22.1 Å². The van der Waals surface area contributed by atoms with Gasteiger partial charge in [-0.2, -0.15) is 0 Å². The van der Waals surface area contributed by atoms with E-state index in [1.165, 1.54) is 6.07 Å². The minimum Gasteiger partial charge on any atom is -0.491 e. The number of ether oxygens (including phenoxy) is 1. The van der Waals surface area contributed by atoms with Crippen LogP contribution in [0, 0.1) is 5.82 Å². The van der Waals surface area contributed by atoms with E-state index in [1.54, 1.807) is 30.3 Å². The highest BCUT2D eigenvalue weighted by atomic mass is 35.5. The third kappa shape index (κ3) is 3.33. The van der Waals surface area contributed by atoms with E-state index in [9.17, 15) is 4.39 Å².